The van der Waals surface area contributed by atoms with E-state index in [0.717, 1.165) is 0 Å². The van der Waals surface area contributed by atoms with Crippen LogP contribution in [-0.2, 0) is 0 Å². The van der Waals surface area contributed by atoms with Crippen LogP contribution in [0.1, 0.15) is 0 Å². The van der Waals surface area contributed by atoms with Crippen LogP contribution in [-0.4, -0.2) is 10.1 Å². The van der Waals surface area contributed by atoms with Gasteiger partial charge in [-0.1, -0.05) is 23.2 Å². The van der Waals surface area contributed by atoms with Crippen LogP contribution < -0.4 is 5.73 Å². The van der Waals surface area contributed by atoms with Crippen molar-refractivity contribution in [3.63, 3.8) is 0 Å². The minimum atomic E-state index is -0.122. The summed E-state index contributed by atoms with van der Waals surface area (Å²) in [6.45, 7) is 0. The predicted molar refractivity (Wildman–Crippen MR) is 57.8 cm³/mol. The van der Waals surface area contributed by atoms with Gasteiger partial charge in [0.05, 0.1) is 16.2 Å². The molecule has 0 saturated heterocycles. The Morgan fingerprint density at radius 2 is 2.00 bits per heavy atom. The Kier molecular flexibility index (Phi) is 2.13. The quantitative estimate of drug-likeness (QED) is 0.414. The zero-order chi connectivity index (χ0) is 10.3. The molecule has 0 fully saturated rings. The summed E-state index contributed by atoms with van der Waals surface area (Å²) in [5.41, 5.74) is 6.28. The number of benzene rings is 1. The van der Waals surface area contributed by atoms with E-state index < -0.39 is 0 Å². The molecule has 72 valence electrons. The van der Waals surface area contributed by atoms with Crippen LogP contribution in [0, 0.1) is 0 Å². The lowest BCUT2D eigenvalue weighted by Gasteiger charge is -2.05. The molecule has 1 aromatic heterocycles. The number of nitrogens with zero attached hydrogens (tertiary/aromatic N) is 1. The van der Waals surface area contributed by atoms with E-state index in [9.17, 15) is 5.11 Å². The van der Waals surface area contributed by atoms with Crippen molar-refractivity contribution in [1.29, 1.82) is 0 Å². The summed E-state index contributed by atoms with van der Waals surface area (Å²) in [6.07, 6.45) is 0. The van der Waals surface area contributed by atoms with Crippen LogP contribution >= 0.6 is 23.2 Å². The zero-order valence-corrected chi connectivity index (χ0v) is 8.47. The number of anilines is 1. The van der Waals surface area contributed by atoms with Gasteiger partial charge in [-0.3, -0.25) is 0 Å². The Morgan fingerprint density at radius 1 is 1.29 bits per heavy atom. The van der Waals surface area contributed by atoms with Gasteiger partial charge in [-0.15, -0.1) is 0 Å². The standard InChI is InChI=1S/C9H6Cl2N2O/c10-7-2-1-4-6(13-7)3-5(12)9(14)8(4)11/h1-3,14H,12H2. The average Bonchev–Trinajstić information content (AvgIpc) is 2.14. The molecule has 14 heavy (non-hydrogen) atoms. The maximum Gasteiger partial charge on any atom is 0.157 e. The first-order chi connectivity index (χ1) is 6.59. The second-order valence-corrected chi connectivity index (χ2v) is 3.59. The van der Waals surface area contributed by atoms with Crippen molar-refractivity contribution in [2.45, 2.75) is 0 Å². The fourth-order valence-electron chi connectivity index (χ4n) is 1.22. The van der Waals surface area contributed by atoms with Crippen LogP contribution in [0.15, 0.2) is 18.2 Å². The van der Waals surface area contributed by atoms with Crippen molar-refractivity contribution < 1.29 is 5.11 Å². The highest BCUT2D eigenvalue weighted by atomic mass is 35.5. The lowest BCUT2D eigenvalue weighted by molar-refractivity contribution is 0.479. The summed E-state index contributed by atoms with van der Waals surface area (Å²) in [4.78, 5) is 4.03. The van der Waals surface area contributed by atoms with E-state index in [1.165, 1.54) is 6.07 Å². The summed E-state index contributed by atoms with van der Waals surface area (Å²) < 4.78 is 0. The normalized spacial score (nSPS) is 10.7. The Morgan fingerprint density at radius 3 is 2.71 bits per heavy atom. The highest BCUT2D eigenvalue weighted by Crippen LogP contribution is 2.36. The Labute approximate surface area is 90.1 Å². The smallest absolute Gasteiger partial charge is 0.157 e. The molecule has 5 heteroatoms. The molecular weight excluding hydrogens is 223 g/mol. The third-order valence-electron chi connectivity index (χ3n) is 1.90. The molecule has 3 nitrogen and oxygen atoms in total. The van der Waals surface area contributed by atoms with E-state index >= 15 is 0 Å². The van der Waals surface area contributed by atoms with E-state index in [1.807, 2.05) is 0 Å². The topological polar surface area (TPSA) is 59.1 Å². The second kappa shape index (κ2) is 3.19. The highest BCUT2D eigenvalue weighted by Gasteiger charge is 2.09. The van der Waals surface area contributed by atoms with Crippen LogP contribution in [0.5, 0.6) is 5.75 Å². The largest absolute Gasteiger partial charge is 0.504 e. The number of nitrogens with two attached hydrogens (primary N) is 1. The molecule has 0 saturated carbocycles. The van der Waals surface area contributed by atoms with Gasteiger partial charge in [0.25, 0.3) is 0 Å². The first kappa shape index (κ1) is 9.37. The molecule has 0 aliphatic heterocycles. The van der Waals surface area contributed by atoms with E-state index in [0.29, 0.717) is 16.1 Å². The molecule has 2 aromatic rings. The van der Waals surface area contributed by atoms with Gasteiger partial charge >= 0.3 is 0 Å². The van der Waals surface area contributed by atoms with Crippen molar-refractivity contribution >= 4 is 39.8 Å². The van der Waals surface area contributed by atoms with Crippen molar-refractivity contribution in [3.8, 4) is 5.75 Å². The van der Waals surface area contributed by atoms with Crippen LogP contribution in [0.4, 0.5) is 5.69 Å². The summed E-state index contributed by atoms with van der Waals surface area (Å²) >= 11 is 11.6. The number of hydrogen-bond acceptors (Lipinski definition) is 3. The van der Waals surface area contributed by atoms with Gasteiger partial charge in [0, 0.05) is 5.39 Å². The Bertz CT molecular complexity index is 514. The van der Waals surface area contributed by atoms with Crippen molar-refractivity contribution in [2.75, 3.05) is 5.73 Å². The number of phenols is 1. The molecular formula is C9H6Cl2N2O. The van der Waals surface area contributed by atoms with Gasteiger partial charge in [-0.05, 0) is 18.2 Å². The lowest BCUT2D eigenvalue weighted by Crippen LogP contribution is -1.89. The predicted octanol–water partition coefficient (Wildman–Crippen LogP) is 2.83. The van der Waals surface area contributed by atoms with E-state index in [4.69, 9.17) is 28.9 Å². The van der Waals surface area contributed by atoms with Crippen molar-refractivity contribution in [2.24, 2.45) is 0 Å². The Balaban J connectivity index is 2.91. The minimum absolute atomic E-state index is 0.122. The molecule has 2 rings (SSSR count). The van der Waals surface area contributed by atoms with E-state index in [2.05, 4.69) is 4.98 Å². The molecule has 0 spiro atoms. The van der Waals surface area contributed by atoms with Crippen molar-refractivity contribution in [3.05, 3.63) is 28.4 Å². The number of rotatable bonds is 0. The van der Waals surface area contributed by atoms with Crippen LogP contribution in [0.3, 0.4) is 0 Å². The molecule has 1 aromatic carbocycles. The number of hydrogen-bond donors (Lipinski definition) is 2. The number of aromatic nitrogens is 1. The Hall–Kier alpha value is -1.19. The van der Waals surface area contributed by atoms with E-state index in [1.54, 1.807) is 12.1 Å². The van der Waals surface area contributed by atoms with Gasteiger partial charge in [-0.2, -0.15) is 0 Å². The fourth-order valence-corrected chi connectivity index (χ4v) is 1.64. The van der Waals surface area contributed by atoms with Gasteiger partial charge < -0.3 is 10.8 Å². The van der Waals surface area contributed by atoms with E-state index in [-0.39, 0.29) is 16.5 Å². The zero-order valence-electron chi connectivity index (χ0n) is 6.96. The molecule has 1 heterocycles. The van der Waals surface area contributed by atoms with Gasteiger partial charge in [0.15, 0.2) is 5.75 Å². The summed E-state index contributed by atoms with van der Waals surface area (Å²) in [7, 11) is 0. The number of aromatic hydroxyl groups is 1. The summed E-state index contributed by atoms with van der Waals surface area (Å²) in [5, 5.41) is 10.6. The van der Waals surface area contributed by atoms with Gasteiger partial charge in [0.2, 0.25) is 0 Å². The number of nitrogen functional groups attached to an aromatic ring is 1. The molecule has 0 aliphatic carbocycles. The third kappa shape index (κ3) is 1.35. The molecule has 0 radical (unpaired) electrons. The maximum atomic E-state index is 9.46. The van der Waals surface area contributed by atoms with Crippen molar-refractivity contribution in [1.82, 2.24) is 4.98 Å². The SMILES string of the molecule is Nc1cc2nc(Cl)ccc2c(Cl)c1O. The highest BCUT2D eigenvalue weighted by molar-refractivity contribution is 6.37. The van der Waals surface area contributed by atoms with Gasteiger partial charge in [-0.25, -0.2) is 4.98 Å². The molecule has 0 aliphatic rings. The maximum absolute atomic E-state index is 9.46. The molecule has 0 unspecified atom stereocenters. The average molecular weight is 229 g/mol. The summed E-state index contributed by atoms with van der Waals surface area (Å²) in [5.74, 6) is -0.122. The number of halogens is 2. The van der Waals surface area contributed by atoms with Gasteiger partial charge in [0.1, 0.15) is 5.15 Å². The molecule has 3 N–H and O–H groups in total. The molecule has 0 atom stereocenters. The summed E-state index contributed by atoms with van der Waals surface area (Å²) in [6, 6.07) is 4.82. The number of fused-ring (bicyclic) bond motifs is 1. The molecule has 0 bridgehead atoms. The number of pyridine rings is 1. The third-order valence-corrected chi connectivity index (χ3v) is 2.49. The van der Waals surface area contributed by atoms with Crippen LogP contribution in [0.2, 0.25) is 10.2 Å². The second-order valence-electron chi connectivity index (χ2n) is 2.83. The fraction of sp³-hybridized carbons (Fsp3) is 0. The molecule has 0 amide bonds. The van der Waals surface area contributed by atoms with Crippen LogP contribution in [0.25, 0.3) is 10.9 Å². The first-order valence-electron chi connectivity index (χ1n) is 3.83. The lowest BCUT2D eigenvalue weighted by atomic mass is 10.2. The minimum Gasteiger partial charge on any atom is -0.504 e. The monoisotopic (exact) mass is 228 g/mol. The number of phenolic OH excluding ortho intramolecular Hbond substituents is 1. The first-order valence-corrected chi connectivity index (χ1v) is 4.58.